The van der Waals surface area contributed by atoms with Crippen LogP contribution in [0.5, 0.6) is 0 Å². The molecule has 2 rings (SSSR count). The number of nitrogens with zero attached hydrogens (tertiary/aromatic N) is 2. The summed E-state index contributed by atoms with van der Waals surface area (Å²) in [6, 6.07) is 4.55. The molecular weight excluding hydrogens is 379 g/mol. The van der Waals surface area contributed by atoms with Gasteiger partial charge in [0.25, 0.3) is 0 Å². The van der Waals surface area contributed by atoms with Gasteiger partial charge in [-0.05, 0) is 30.9 Å². The van der Waals surface area contributed by atoms with E-state index in [0.717, 1.165) is 22.2 Å². The Balaban J connectivity index is 1.98. The van der Waals surface area contributed by atoms with Crippen LogP contribution in [-0.4, -0.2) is 27.1 Å². The summed E-state index contributed by atoms with van der Waals surface area (Å²) in [5, 5.41) is 9.98. The molecule has 0 fully saturated rings. The average molecular weight is 393 g/mol. The van der Waals surface area contributed by atoms with E-state index < -0.39 is 17.0 Å². The third-order valence-electron chi connectivity index (χ3n) is 2.76. The van der Waals surface area contributed by atoms with E-state index in [-0.39, 0.29) is 11.6 Å². The van der Waals surface area contributed by atoms with Gasteiger partial charge < -0.3 is 5.32 Å². The van der Waals surface area contributed by atoms with Crippen LogP contribution < -0.4 is 5.32 Å². The highest BCUT2D eigenvalue weighted by atomic mass is 32.2. The Labute approximate surface area is 149 Å². The van der Waals surface area contributed by atoms with Crippen LogP contribution in [0.3, 0.4) is 0 Å². The Kier molecular flexibility index (Phi) is 6.53. The summed E-state index contributed by atoms with van der Waals surface area (Å²) in [5.41, 5.74) is -0.687. The lowest BCUT2D eigenvalue weighted by molar-refractivity contribution is -0.137. The molecular formula is C14H14F3N3OS3. The van der Waals surface area contributed by atoms with Gasteiger partial charge in [-0.3, -0.25) is 4.79 Å². The van der Waals surface area contributed by atoms with Crippen molar-refractivity contribution in [3.63, 3.8) is 0 Å². The van der Waals surface area contributed by atoms with Gasteiger partial charge in [-0.1, -0.05) is 47.9 Å². The molecule has 0 radical (unpaired) electrons. The molecule has 2 aromatic rings. The highest BCUT2D eigenvalue weighted by Crippen LogP contribution is 2.32. The molecule has 0 aliphatic heterocycles. The third kappa shape index (κ3) is 5.38. The van der Waals surface area contributed by atoms with Crippen LogP contribution in [0.25, 0.3) is 0 Å². The van der Waals surface area contributed by atoms with Crippen molar-refractivity contribution < 1.29 is 18.0 Å². The van der Waals surface area contributed by atoms with Crippen molar-refractivity contribution in [1.29, 1.82) is 0 Å². The van der Waals surface area contributed by atoms with Crippen LogP contribution in [0, 0.1) is 0 Å². The third-order valence-corrected chi connectivity index (χ3v) is 5.88. The lowest BCUT2D eigenvalue weighted by Crippen LogP contribution is -2.22. The molecule has 0 aliphatic rings. The minimum absolute atomic E-state index is 0.113. The molecule has 1 amide bonds. The number of nitrogens with one attached hydrogen (secondary N) is 1. The first-order valence-corrected chi connectivity index (χ1v) is 9.59. The molecule has 1 aromatic carbocycles. The van der Waals surface area contributed by atoms with E-state index in [4.69, 9.17) is 0 Å². The summed E-state index contributed by atoms with van der Waals surface area (Å²) >= 11 is 4.18. The largest absolute Gasteiger partial charge is 0.416 e. The first kappa shape index (κ1) is 19.1. The number of carbonyl (C=O) groups is 1. The van der Waals surface area contributed by atoms with Crippen LogP contribution in [0.1, 0.15) is 19.4 Å². The van der Waals surface area contributed by atoms with Crippen molar-refractivity contribution in [2.45, 2.75) is 34.0 Å². The van der Waals surface area contributed by atoms with Crippen LogP contribution in [0.2, 0.25) is 0 Å². The zero-order chi connectivity index (χ0) is 17.7. The standard InChI is InChI=1S/C14H14F3N3OS3/c1-3-22-12-19-20-13(24-12)23-8(2)11(21)18-10-6-4-5-9(7-10)14(15,16)17/h4-8H,3H2,1-2H3,(H,18,21). The number of amides is 1. The van der Waals surface area contributed by atoms with Gasteiger partial charge in [0.05, 0.1) is 10.8 Å². The predicted octanol–water partition coefficient (Wildman–Crippen LogP) is 4.79. The van der Waals surface area contributed by atoms with Crippen molar-refractivity contribution in [3.05, 3.63) is 29.8 Å². The Morgan fingerprint density at radius 2 is 2.04 bits per heavy atom. The average Bonchev–Trinajstić information content (AvgIpc) is 2.94. The molecule has 0 aliphatic carbocycles. The van der Waals surface area contributed by atoms with Gasteiger partial charge in [-0.25, -0.2) is 0 Å². The second kappa shape index (κ2) is 8.21. The fraction of sp³-hybridized carbons (Fsp3) is 0.357. The quantitative estimate of drug-likeness (QED) is 0.715. The molecule has 24 heavy (non-hydrogen) atoms. The Bertz CT molecular complexity index is 706. The first-order chi connectivity index (χ1) is 11.3. The van der Waals surface area contributed by atoms with E-state index in [1.54, 1.807) is 18.7 Å². The second-order valence-corrected chi connectivity index (χ2v) is 8.67. The molecule has 130 valence electrons. The van der Waals surface area contributed by atoms with Crippen LogP contribution in [-0.2, 0) is 11.0 Å². The summed E-state index contributed by atoms with van der Waals surface area (Å²) in [6.45, 7) is 3.67. The predicted molar refractivity (Wildman–Crippen MR) is 91.7 cm³/mol. The summed E-state index contributed by atoms with van der Waals surface area (Å²) in [4.78, 5) is 12.1. The SMILES string of the molecule is CCSc1nnc(SC(C)C(=O)Nc2cccc(C(F)(F)F)c2)s1. The number of alkyl halides is 3. The molecule has 0 bridgehead atoms. The van der Waals surface area contributed by atoms with E-state index in [0.29, 0.717) is 4.34 Å². The molecule has 1 atom stereocenters. The Morgan fingerprint density at radius 3 is 2.71 bits per heavy atom. The fourth-order valence-electron chi connectivity index (χ4n) is 1.65. The number of halogens is 3. The maximum Gasteiger partial charge on any atom is 0.416 e. The number of aromatic nitrogens is 2. The van der Waals surface area contributed by atoms with Crippen molar-refractivity contribution >= 4 is 46.5 Å². The lowest BCUT2D eigenvalue weighted by Gasteiger charge is -2.12. The number of benzene rings is 1. The summed E-state index contributed by atoms with van der Waals surface area (Å²) < 4.78 is 39.5. The number of thioether (sulfide) groups is 2. The highest BCUT2D eigenvalue weighted by Gasteiger charge is 2.30. The first-order valence-electron chi connectivity index (χ1n) is 6.90. The van der Waals surface area contributed by atoms with Crippen LogP contribution in [0.15, 0.2) is 32.9 Å². The van der Waals surface area contributed by atoms with Gasteiger partial charge in [-0.2, -0.15) is 13.2 Å². The molecule has 4 nitrogen and oxygen atoms in total. The molecule has 0 saturated carbocycles. The molecule has 0 spiro atoms. The monoisotopic (exact) mass is 393 g/mol. The van der Waals surface area contributed by atoms with Gasteiger partial charge in [-0.15, -0.1) is 10.2 Å². The minimum Gasteiger partial charge on any atom is -0.325 e. The Morgan fingerprint density at radius 1 is 1.33 bits per heavy atom. The number of hydrogen-bond donors (Lipinski definition) is 1. The molecule has 1 N–H and O–H groups in total. The highest BCUT2D eigenvalue weighted by molar-refractivity contribution is 8.03. The minimum atomic E-state index is -4.44. The number of rotatable bonds is 6. The van der Waals surface area contributed by atoms with Crippen LogP contribution >= 0.6 is 34.9 Å². The molecule has 10 heteroatoms. The zero-order valence-electron chi connectivity index (χ0n) is 12.8. The zero-order valence-corrected chi connectivity index (χ0v) is 15.2. The van der Waals surface area contributed by atoms with Gasteiger partial charge in [0, 0.05) is 5.69 Å². The Hall–Kier alpha value is -1.26. The normalized spacial score (nSPS) is 12.9. The van der Waals surface area contributed by atoms with Gasteiger partial charge in [0.15, 0.2) is 8.68 Å². The second-order valence-electron chi connectivity index (χ2n) is 4.59. The smallest absolute Gasteiger partial charge is 0.325 e. The molecule has 1 unspecified atom stereocenters. The summed E-state index contributed by atoms with van der Waals surface area (Å²) in [7, 11) is 0. The number of anilines is 1. The van der Waals surface area contributed by atoms with Crippen LogP contribution in [0.4, 0.5) is 18.9 Å². The topological polar surface area (TPSA) is 54.9 Å². The van der Waals surface area contributed by atoms with E-state index in [1.807, 2.05) is 6.92 Å². The van der Waals surface area contributed by atoms with Crippen molar-refractivity contribution in [1.82, 2.24) is 10.2 Å². The van der Waals surface area contributed by atoms with E-state index in [1.165, 1.54) is 35.2 Å². The fourth-order valence-corrected chi connectivity index (χ4v) is 4.71. The van der Waals surface area contributed by atoms with Crippen molar-refractivity contribution in [3.8, 4) is 0 Å². The van der Waals surface area contributed by atoms with Gasteiger partial charge in [0.1, 0.15) is 0 Å². The number of hydrogen-bond acceptors (Lipinski definition) is 6. The van der Waals surface area contributed by atoms with Crippen molar-refractivity contribution in [2.24, 2.45) is 0 Å². The van der Waals surface area contributed by atoms with E-state index >= 15 is 0 Å². The van der Waals surface area contributed by atoms with Crippen molar-refractivity contribution in [2.75, 3.05) is 11.1 Å². The molecule has 1 heterocycles. The summed E-state index contributed by atoms with van der Waals surface area (Å²) in [6.07, 6.45) is -4.44. The molecule has 1 aromatic heterocycles. The lowest BCUT2D eigenvalue weighted by atomic mass is 10.2. The maximum absolute atomic E-state index is 12.7. The molecule has 0 saturated heterocycles. The number of carbonyl (C=O) groups excluding carboxylic acids is 1. The van der Waals surface area contributed by atoms with Gasteiger partial charge >= 0.3 is 6.18 Å². The summed E-state index contributed by atoms with van der Waals surface area (Å²) in [5.74, 6) is 0.490. The van der Waals surface area contributed by atoms with E-state index in [9.17, 15) is 18.0 Å². The van der Waals surface area contributed by atoms with Gasteiger partial charge in [0.2, 0.25) is 5.91 Å². The maximum atomic E-state index is 12.7. The van der Waals surface area contributed by atoms with E-state index in [2.05, 4.69) is 15.5 Å².